The van der Waals surface area contributed by atoms with Crippen molar-refractivity contribution in [1.29, 1.82) is 0 Å². The SMILES string of the molecule is CC(C)(C)OC(=O)C(C)(C)Oc1cccc(N2CCC[C@H](C(=O)O)C2)c1. The van der Waals surface area contributed by atoms with Crippen LogP contribution in [0.2, 0.25) is 0 Å². The Labute approximate surface area is 155 Å². The Morgan fingerprint density at radius 2 is 1.88 bits per heavy atom. The number of piperidine rings is 1. The van der Waals surface area contributed by atoms with Crippen molar-refractivity contribution in [3.8, 4) is 5.75 Å². The van der Waals surface area contributed by atoms with E-state index in [0.717, 1.165) is 18.7 Å². The number of carboxylic acids is 1. The second-order valence-corrected chi connectivity index (χ2v) is 8.24. The number of carbonyl (C=O) groups is 2. The molecule has 6 nitrogen and oxygen atoms in total. The first kappa shape index (κ1) is 20.1. The van der Waals surface area contributed by atoms with Crippen LogP contribution in [0, 0.1) is 5.92 Å². The van der Waals surface area contributed by atoms with Gasteiger partial charge in [-0.25, -0.2) is 4.79 Å². The second-order valence-electron chi connectivity index (χ2n) is 8.24. The number of esters is 1. The first-order valence-electron chi connectivity index (χ1n) is 8.98. The standard InChI is InChI=1S/C20H29NO5/c1-19(2,3)26-18(24)20(4,5)25-16-10-6-9-15(12-16)21-11-7-8-14(13-21)17(22)23/h6,9-10,12,14H,7-8,11,13H2,1-5H3,(H,22,23)/t14-/m0/s1. The van der Waals surface area contributed by atoms with Crippen molar-refractivity contribution in [3.63, 3.8) is 0 Å². The molecule has 0 radical (unpaired) electrons. The van der Waals surface area contributed by atoms with E-state index in [4.69, 9.17) is 9.47 Å². The molecule has 1 N–H and O–H groups in total. The Kier molecular flexibility index (Phi) is 5.84. The number of carboxylic acid groups (broad SMARTS) is 1. The van der Waals surface area contributed by atoms with Gasteiger partial charge in [0.15, 0.2) is 5.60 Å². The summed E-state index contributed by atoms with van der Waals surface area (Å²) < 4.78 is 11.3. The molecule has 144 valence electrons. The zero-order chi connectivity index (χ0) is 19.5. The molecule has 1 aromatic rings. The van der Waals surface area contributed by atoms with Gasteiger partial charge in [0, 0.05) is 24.8 Å². The maximum absolute atomic E-state index is 12.4. The lowest BCUT2D eigenvalue weighted by Crippen LogP contribution is -2.43. The Balaban J connectivity index is 2.11. The van der Waals surface area contributed by atoms with Crippen molar-refractivity contribution < 1.29 is 24.2 Å². The predicted molar refractivity (Wildman–Crippen MR) is 99.6 cm³/mol. The fraction of sp³-hybridized carbons (Fsp3) is 0.600. The average molecular weight is 363 g/mol. The van der Waals surface area contributed by atoms with E-state index in [1.54, 1.807) is 19.9 Å². The quantitative estimate of drug-likeness (QED) is 0.807. The van der Waals surface area contributed by atoms with Crippen molar-refractivity contribution in [2.45, 2.75) is 58.7 Å². The van der Waals surface area contributed by atoms with E-state index >= 15 is 0 Å². The summed E-state index contributed by atoms with van der Waals surface area (Å²) in [5.74, 6) is -0.991. The molecular weight excluding hydrogens is 334 g/mol. The van der Waals surface area contributed by atoms with E-state index in [2.05, 4.69) is 4.90 Å². The number of hydrogen-bond donors (Lipinski definition) is 1. The highest BCUT2D eigenvalue weighted by Crippen LogP contribution is 2.29. The first-order valence-corrected chi connectivity index (χ1v) is 8.98. The number of hydrogen-bond acceptors (Lipinski definition) is 5. The third kappa shape index (κ3) is 5.38. The molecule has 0 saturated carbocycles. The van der Waals surface area contributed by atoms with Gasteiger partial charge in [-0.1, -0.05) is 6.07 Å². The summed E-state index contributed by atoms with van der Waals surface area (Å²) in [7, 11) is 0. The Morgan fingerprint density at radius 3 is 2.50 bits per heavy atom. The van der Waals surface area contributed by atoms with Gasteiger partial charge in [0.1, 0.15) is 11.4 Å². The van der Waals surface area contributed by atoms with Gasteiger partial charge in [0.05, 0.1) is 5.92 Å². The van der Waals surface area contributed by atoms with E-state index in [1.165, 1.54) is 0 Å². The minimum absolute atomic E-state index is 0.355. The zero-order valence-electron chi connectivity index (χ0n) is 16.2. The van der Waals surface area contributed by atoms with Crippen molar-refractivity contribution >= 4 is 17.6 Å². The van der Waals surface area contributed by atoms with Crippen LogP contribution in [0.25, 0.3) is 0 Å². The van der Waals surface area contributed by atoms with Crippen molar-refractivity contribution in [2.75, 3.05) is 18.0 Å². The van der Waals surface area contributed by atoms with Crippen molar-refractivity contribution in [3.05, 3.63) is 24.3 Å². The largest absolute Gasteiger partial charge is 0.481 e. The molecule has 1 aliphatic rings. The van der Waals surface area contributed by atoms with Gasteiger partial charge in [-0.05, 0) is 59.6 Å². The predicted octanol–water partition coefficient (Wildman–Crippen LogP) is 3.49. The van der Waals surface area contributed by atoms with E-state index in [1.807, 2.05) is 39.0 Å². The lowest BCUT2D eigenvalue weighted by atomic mass is 9.98. The van der Waals surface area contributed by atoms with Gasteiger partial charge in [-0.2, -0.15) is 0 Å². The second kappa shape index (κ2) is 7.56. The number of rotatable bonds is 5. The molecule has 0 amide bonds. The molecule has 0 aliphatic carbocycles. The maximum Gasteiger partial charge on any atom is 0.350 e. The topological polar surface area (TPSA) is 76.1 Å². The lowest BCUT2D eigenvalue weighted by molar-refractivity contribution is -0.170. The molecule has 2 rings (SSSR count). The number of benzene rings is 1. The summed E-state index contributed by atoms with van der Waals surface area (Å²) in [6.07, 6.45) is 1.54. The molecule has 0 unspecified atom stereocenters. The third-order valence-corrected chi connectivity index (χ3v) is 4.22. The van der Waals surface area contributed by atoms with E-state index in [9.17, 15) is 14.7 Å². The van der Waals surface area contributed by atoms with Crippen molar-refractivity contribution in [1.82, 2.24) is 0 Å². The molecule has 1 heterocycles. The van der Waals surface area contributed by atoms with Gasteiger partial charge in [0.25, 0.3) is 0 Å². The van der Waals surface area contributed by atoms with Crippen LogP contribution in [0.4, 0.5) is 5.69 Å². The van der Waals surface area contributed by atoms with Gasteiger partial charge in [-0.15, -0.1) is 0 Å². The highest BCUT2D eigenvalue weighted by Gasteiger charge is 2.35. The highest BCUT2D eigenvalue weighted by atomic mass is 16.6. The Hall–Kier alpha value is -2.24. The number of nitrogens with zero attached hydrogens (tertiary/aromatic N) is 1. The van der Waals surface area contributed by atoms with Gasteiger partial charge >= 0.3 is 11.9 Å². The summed E-state index contributed by atoms with van der Waals surface area (Å²) in [5, 5.41) is 9.26. The number of aliphatic carboxylic acids is 1. The fourth-order valence-corrected chi connectivity index (χ4v) is 2.89. The first-order chi connectivity index (χ1) is 12.0. The van der Waals surface area contributed by atoms with Crippen LogP contribution in [0.3, 0.4) is 0 Å². The molecule has 6 heteroatoms. The Morgan fingerprint density at radius 1 is 1.19 bits per heavy atom. The number of anilines is 1. The fourth-order valence-electron chi connectivity index (χ4n) is 2.89. The van der Waals surface area contributed by atoms with E-state index in [-0.39, 0.29) is 5.92 Å². The van der Waals surface area contributed by atoms with Crippen LogP contribution in [0.1, 0.15) is 47.5 Å². The van der Waals surface area contributed by atoms with E-state index in [0.29, 0.717) is 18.7 Å². The Bertz CT molecular complexity index is 662. The maximum atomic E-state index is 12.4. The van der Waals surface area contributed by atoms with Gasteiger partial charge < -0.3 is 19.5 Å². The highest BCUT2D eigenvalue weighted by molar-refractivity contribution is 5.79. The molecule has 0 spiro atoms. The molecule has 0 aromatic heterocycles. The minimum Gasteiger partial charge on any atom is -0.481 e. The van der Waals surface area contributed by atoms with Crippen LogP contribution >= 0.6 is 0 Å². The average Bonchev–Trinajstić information content (AvgIpc) is 2.53. The summed E-state index contributed by atoms with van der Waals surface area (Å²) in [4.78, 5) is 25.7. The normalized spacial score (nSPS) is 18.3. The third-order valence-electron chi connectivity index (χ3n) is 4.22. The molecule has 26 heavy (non-hydrogen) atoms. The monoisotopic (exact) mass is 363 g/mol. The molecule has 1 fully saturated rings. The minimum atomic E-state index is -1.13. The van der Waals surface area contributed by atoms with Gasteiger partial charge in [0.2, 0.25) is 0 Å². The van der Waals surface area contributed by atoms with Crippen LogP contribution in [-0.4, -0.2) is 41.3 Å². The molecule has 1 aromatic carbocycles. The summed E-state index contributed by atoms with van der Waals surface area (Å²) >= 11 is 0. The molecule has 1 saturated heterocycles. The van der Waals surface area contributed by atoms with Crippen molar-refractivity contribution in [2.24, 2.45) is 5.92 Å². The van der Waals surface area contributed by atoms with Crippen LogP contribution in [-0.2, 0) is 14.3 Å². The summed E-state index contributed by atoms with van der Waals surface area (Å²) in [5.41, 5.74) is -0.815. The van der Waals surface area contributed by atoms with Gasteiger partial charge in [-0.3, -0.25) is 4.79 Å². The lowest BCUT2D eigenvalue weighted by Gasteiger charge is -2.33. The van der Waals surface area contributed by atoms with Crippen LogP contribution in [0.5, 0.6) is 5.75 Å². The molecular formula is C20H29NO5. The number of carbonyl (C=O) groups excluding carboxylic acids is 1. The zero-order valence-corrected chi connectivity index (χ0v) is 16.2. The number of ether oxygens (including phenoxy) is 2. The molecule has 1 atom stereocenters. The molecule has 1 aliphatic heterocycles. The summed E-state index contributed by atoms with van der Waals surface area (Å²) in [6.45, 7) is 10.1. The van der Waals surface area contributed by atoms with Crippen LogP contribution < -0.4 is 9.64 Å². The van der Waals surface area contributed by atoms with Crippen LogP contribution in [0.15, 0.2) is 24.3 Å². The molecule has 0 bridgehead atoms. The van der Waals surface area contributed by atoms with E-state index < -0.39 is 23.1 Å². The smallest absolute Gasteiger partial charge is 0.350 e. The summed E-state index contributed by atoms with van der Waals surface area (Å²) in [6, 6.07) is 7.41.